The monoisotopic (exact) mass is 465 g/mol. The van der Waals surface area contributed by atoms with Gasteiger partial charge in [-0.05, 0) is 18.2 Å². The van der Waals surface area contributed by atoms with Gasteiger partial charge < -0.3 is 14.4 Å². The highest BCUT2D eigenvalue weighted by molar-refractivity contribution is 5.92. The Kier molecular flexibility index (Phi) is 6.50. The summed E-state index contributed by atoms with van der Waals surface area (Å²) >= 11 is 0. The van der Waals surface area contributed by atoms with Crippen LogP contribution in [0.4, 0.5) is 22.0 Å². The topological polar surface area (TPSA) is 64.6 Å². The molecule has 1 aliphatic heterocycles. The molecule has 1 unspecified atom stereocenters. The van der Waals surface area contributed by atoms with Crippen LogP contribution < -0.4 is 4.74 Å². The van der Waals surface area contributed by atoms with Crippen molar-refractivity contribution in [3.8, 4) is 5.88 Å². The first-order valence-electron chi connectivity index (χ1n) is 9.79. The highest BCUT2D eigenvalue weighted by Gasteiger charge is 2.26. The van der Waals surface area contributed by atoms with Gasteiger partial charge in [0.15, 0.2) is 23.3 Å². The molecule has 1 saturated heterocycles. The molecule has 33 heavy (non-hydrogen) atoms. The third-order valence-electron chi connectivity index (χ3n) is 5.00. The third-order valence-corrected chi connectivity index (χ3v) is 5.00. The lowest BCUT2D eigenvalue weighted by atomic mass is 10.1. The van der Waals surface area contributed by atoms with Crippen molar-refractivity contribution >= 4 is 22.9 Å². The highest BCUT2D eigenvalue weighted by Crippen LogP contribution is 2.24. The zero-order valence-corrected chi connectivity index (χ0v) is 16.9. The summed E-state index contributed by atoms with van der Waals surface area (Å²) in [6.45, 7) is 0.489. The molecule has 11 heteroatoms. The first kappa shape index (κ1) is 22.6. The molecule has 3 aromatic rings. The van der Waals surface area contributed by atoms with Crippen molar-refractivity contribution < 1.29 is 36.2 Å². The lowest BCUT2D eigenvalue weighted by Gasteiger charge is -2.32. The molecule has 2 heterocycles. The summed E-state index contributed by atoms with van der Waals surface area (Å²) < 4.78 is 78.7. The Morgan fingerprint density at radius 2 is 1.76 bits per heavy atom. The van der Waals surface area contributed by atoms with E-state index in [0.717, 1.165) is 6.08 Å². The van der Waals surface area contributed by atoms with E-state index >= 15 is 0 Å². The Bertz CT molecular complexity index is 1200. The van der Waals surface area contributed by atoms with Crippen molar-refractivity contribution in [2.24, 2.45) is 0 Å². The van der Waals surface area contributed by atoms with E-state index in [0.29, 0.717) is 22.9 Å². The van der Waals surface area contributed by atoms with Crippen LogP contribution >= 0.6 is 0 Å². The van der Waals surface area contributed by atoms with Gasteiger partial charge in [0, 0.05) is 12.6 Å². The zero-order valence-electron chi connectivity index (χ0n) is 16.9. The van der Waals surface area contributed by atoms with Gasteiger partial charge in [0.1, 0.15) is 19.0 Å². The number of hydrogen-bond acceptors (Lipinski definition) is 5. The van der Waals surface area contributed by atoms with Gasteiger partial charge >= 0.3 is 0 Å². The van der Waals surface area contributed by atoms with Gasteiger partial charge in [-0.15, -0.1) is 0 Å². The number of hydrogen-bond donors (Lipinski definition) is 0. The molecule has 1 fully saturated rings. The lowest BCUT2D eigenvalue weighted by molar-refractivity contribution is -0.134. The molecular weight excluding hydrogens is 449 g/mol. The molecule has 0 radical (unpaired) electrons. The molecule has 0 spiro atoms. The summed E-state index contributed by atoms with van der Waals surface area (Å²) in [4.78, 5) is 22.0. The van der Waals surface area contributed by atoms with Crippen LogP contribution in [-0.4, -0.2) is 53.2 Å². The van der Waals surface area contributed by atoms with E-state index < -0.39 is 46.7 Å². The Morgan fingerprint density at radius 1 is 1.06 bits per heavy atom. The lowest BCUT2D eigenvalue weighted by Crippen LogP contribution is -2.47. The summed E-state index contributed by atoms with van der Waals surface area (Å²) in [5.41, 5.74) is -0.495. The second-order valence-corrected chi connectivity index (χ2v) is 7.10. The standard InChI is InChI=1S/C22H16F5N3O3/c23-17-14(18(24)20(26)21(27)19(17)25)5-6-16(31)30-7-8-32-12(9-30)10-33-22-13-3-1-2-4-15(13)28-11-29-22/h1-6,11-12H,7-10H2/b6-5+. The van der Waals surface area contributed by atoms with Gasteiger partial charge in [-0.2, -0.15) is 0 Å². The number of ether oxygens (including phenoxy) is 2. The van der Waals surface area contributed by atoms with Crippen molar-refractivity contribution in [3.05, 3.63) is 71.3 Å². The van der Waals surface area contributed by atoms with Gasteiger partial charge in [0.25, 0.3) is 0 Å². The van der Waals surface area contributed by atoms with Crippen LogP contribution in [0.1, 0.15) is 5.56 Å². The molecule has 1 amide bonds. The number of carbonyl (C=O) groups excluding carboxylic acids is 1. The summed E-state index contributed by atoms with van der Waals surface area (Å²) in [5, 5.41) is 0.703. The number of carbonyl (C=O) groups is 1. The van der Waals surface area contributed by atoms with Gasteiger partial charge in [-0.3, -0.25) is 4.79 Å². The SMILES string of the molecule is O=C(/C=C/c1c(F)c(F)c(F)c(F)c1F)N1CCOC(COc2ncnc3ccccc23)C1. The van der Waals surface area contributed by atoms with Crippen LogP contribution in [0.25, 0.3) is 17.0 Å². The van der Waals surface area contributed by atoms with E-state index in [1.165, 1.54) is 11.2 Å². The predicted molar refractivity (Wildman–Crippen MR) is 107 cm³/mol. The zero-order chi connectivity index (χ0) is 23.5. The Labute approximate surface area is 184 Å². The molecule has 0 saturated carbocycles. The van der Waals surface area contributed by atoms with E-state index in [9.17, 15) is 26.7 Å². The maximum absolute atomic E-state index is 13.8. The van der Waals surface area contributed by atoms with Crippen LogP contribution in [0.15, 0.2) is 36.7 Å². The quantitative estimate of drug-likeness (QED) is 0.249. The first-order chi connectivity index (χ1) is 15.9. The molecule has 0 N–H and O–H groups in total. The number of fused-ring (bicyclic) bond motifs is 1. The van der Waals surface area contributed by atoms with E-state index in [2.05, 4.69) is 9.97 Å². The fourth-order valence-corrected chi connectivity index (χ4v) is 3.32. The minimum absolute atomic E-state index is 0.0616. The normalized spacial score (nSPS) is 16.5. The fourth-order valence-electron chi connectivity index (χ4n) is 3.32. The maximum Gasteiger partial charge on any atom is 0.246 e. The molecule has 1 atom stereocenters. The van der Waals surface area contributed by atoms with Crippen LogP contribution in [0.3, 0.4) is 0 Å². The maximum atomic E-state index is 13.8. The van der Waals surface area contributed by atoms with Gasteiger partial charge in [-0.25, -0.2) is 31.9 Å². The number of amides is 1. The van der Waals surface area contributed by atoms with E-state index in [1.807, 2.05) is 12.1 Å². The molecule has 0 bridgehead atoms. The number of nitrogens with zero attached hydrogens (tertiary/aromatic N) is 3. The molecule has 172 valence electrons. The van der Waals surface area contributed by atoms with Crippen molar-refractivity contribution in [1.82, 2.24) is 14.9 Å². The Balaban J connectivity index is 1.42. The van der Waals surface area contributed by atoms with E-state index in [4.69, 9.17) is 9.47 Å². The highest BCUT2D eigenvalue weighted by atomic mass is 19.2. The van der Waals surface area contributed by atoms with E-state index in [1.54, 1.807) is 12.1 Å². The number of morpholine rings is 1. The van der Waals surface area contributed by atoms with Crippen molar-refractivity contribution in [3.63, 3.8) is 0 Å². The van der Waals surface area contributed by atoms with Crippen LogP contribution in [0.2, 0.25) is 0 Å². The summed E-state index contributed by atoms with van der Waals surface area (Å²) in [6, 6.07) is 7.24. The molecule has 0 aliphatic carbocycles. The minimum Gasteiger partial charge on any atom is -0.474 e. The van der Waals surface area contributed by atoms with E-state index in [-0.39, 0.29) is 26.3 Å². The van der Waals surface area contributed by atoms with Gasteiger partial charge in [0.2, 0.25) is 17.6 Å². The third kappa shape index (κ3) is 4.63. The number of benzene rings is 2. The van der Waals surface area contributed by atoms with Crippen LogP contribution in [0, 0.1) is 29.1 Å². The second kappa shape index (κ2) is 9.49. The smallest absolute Gasteiger partial charge is 0.246 e. The van der Waals surface area contributed by atoms with Crippen molar-refractivity contribution in [2.45, 2.75) is 6.10 Å². The minimum atomic E-state index is -2.26. The van der Waals surface area contributed by atoms with Crippen LogP contribution in [0.5, 0.6) is 5.88 Å². The van der Waals surface area contributed by atoms with Crippen molar-refractivity contribution in [2.75, 3.05) is 26.3 Å². The largest absolute Gasteiger partial charge is 0.474 e. The van der Waals surface area contributed by atoms with Crippen LogP contribution in [-0.2, 0) is 9.53 Å². The molecule has 6 nitrogen and oxygen atoms in total. The number of rotatable bonds is 5. The molecular formula is C22H16F5N3O3. The number of para-hydroxylation sites is 1. The molecule has 1 aromatic heterocycles. The predicted octanol–water partition coefficient (Wildman–Crippen LogP) is 3.64. The average Bonchev–Trinajstić information content (AvgIpc) is 2.85. The molecule has 1 aliphatic rings. The van der Waals surface area contributed by atoms with Gasteiger partial charge in [0.05, 0.1) is 29.6 Å². The fraction of sp³-hybridized carbons (Fsp3) is 0.227. The molecule has 4 rings (SSSR count). The van der Waals surface area contributed by atoms with Gasteiger partial charge in [-0.1, -0.05) is 12.1 Å². The number of halogens is 5. The summed E-state index contributed by atoms with van der Waals surface area (Å²) in [6.07, 6.45) is 2.14. The number of aromatic nitrogens is 2. The second-order valence-electron chi connectivity index (χ2n) is 7.10. The Morgan fingerprint density at radius 3 is 2.52 bits per heavy atom. The Hall–Kier alpha value is -3.60. The molecule has 2 aromatic carbocycles. The average molecular weight is 465 g/mol. The first-order valence-corrected chi connectivity index (χ1v) is 9.79. The summed E-state index contributed by atoms with van der Waals surface area (Å²) in [7, 11) is 0. The summed E-state index contributed by atoms with van der Waals surface area (Å²) in [5.74, 6) is -10.8. The van der Waals surface area contributed by atoms with Crippen molar-refractivity contribution in [1.29, 1.82) is 0 Å².